The standard InChI is InChI=1S/C19H23ClF3N7O4/c1-11(27-13-8-26-28-16(32)15(13)19(21,22)23)9-34-10-14(31)17(33)29-2-4-30(5-3-29)18-24-6-12(20)7-25-18/h6-8,11,14,31H,2-5,9-10H2,1H3,(H2,27,28,32)/t11-,14+/m0/s1. The molecule has 3 heterocycles. The van der Waals surface area contributed by atoms with E-state index in [1.165, 1.54) is 24.2 Å². The predicted molar refractivity (Wildman–Crippen MR) is 116 cm³/mol. The zero-order valence-corrected chi connectivity index (χ0v) is 18.8. The molecule has 1 saturated heterocycles. The number of halogens is 4. The zero-order valence-electron chi connectivity index (χ0n) is 18.0. The molecule has 3 N–H and O–H groups in total. The Kier molecular flexibility index (Phi) is 8.28. The summed E-state index contributed by atoms with van der Waals surface area (Å²) in [5, 5.41) is 18.2. The fourth-order valence-electron chi connectivity index (χ4n) is 3.33. The van der Waals surface area contributed by atoms with Gasteiger partial charge in [-0.2, -0.15) is 18.3 Å². The number of carbonyl (C=O) groups excluding carboxylic acids is 1. The number of amides is 1. The Balaban J connectivity index is 1.44. The summed E-state index contributed by atoms with van der Waals surface area (Å²) in [4.78, 5) is 35.6. The van der Waals surface area contributed by atoms with Gasteiger partial charge < -0.3 is 25.0 Å². The van der Waals surface area contributed by atoms with E-state index in [1.807, 2.05) is 4.90 Å². The first-order chi connectivity index (χ1) is 16.1. The number of aromatic amines is 1. The third-order valence-electron chi connectivity index (χ3n) is 4.95. The van der Waals surface area contributed by atoms with E-state index in [0.29, 0.717) is 37.1 Å². The van der Waals surface area contributed by atoms with Crippen LogP contribution in [0, 0.1) is 0 Å². The maximum Gasteiger partial charge on any atom is 0.423 e. The topological polar surface area (TPSA) is 137 Å². The molecule has 0 aromatic carbocycles. The summed E-state index contributed by atoms with van der Waals surface area (Å²) >= 11 is 5.78. The van der Waals surface area contributed by atoms with Crippen molar-refractivity contribution >= 4 is 29.1 Å². The number of piperazine rings is 1. The Morgan fingerprint density at radius 3 is 2.50 bits per heavy atom. The molecule has 1 aliphatic rings. The van der Waals surface area contributed by atoms with Crippen molar-refractivity contribution in [3.8, 4) is 0 Å². The molecule has 34 heavy (non-hydrogen) atoms. The van der Waals surface area contributed by atoms with Gasteiger partial charge in [-0.25, -0.2) is 15.1 Å². The summed E-state index contributed by atoms with van der Waals surface area (Å²) in [5.41, 5.74) is -3.26. The Bertz CT molecular complexity index is 1030. The van der Waals surface area contributed by atoms with Crippen LogP contribution >= 0.6 is 11.6 Å². The van der Waals surface area contributed by atoms with Crippen LogP contribution in [-0.2, 0) is 15.7 Å². The van der Waals surface area contributed by atoms with Gasteiger partial charge in [-0.05, 0) is 6.92 Å². The van der Waals surface area contributed by atoms with Gasteiger partial charge in [0.2, 0.25) is 5.95 Å². The predicted octanol–water partition coefficient (Wildman–Crippen LogP) is 0.759. The van der Waals surface area contributed by atoms with Gasteiger partial charge in [0.15, 0.2) is 6.10 Å². The molecule has 1 fully saturated rings. The van der Waals surface area contributed by atoms with Gasteiger partial charge in [-0.1, -0.05) is 11.6 Å². The third kappa shape index (κ3) is 6.55. The highest BCUT2D eigenvalue weighted by molar-refractivity contribution is 6.30. The number of hydrogen-bond donors (Lipinski definition) is 3. The summed E-state index contributed by atoms with van der Waals surface area (Å²) in [5.74, 6) is -0.0263. The number of rotatable bonds is 8. The molecule has 11 nitrogen and oxygen atoms in total. The van der Waals surface area contributed by atoms with E-state index in [4.69, 9.17) is 16.3 Å². The molecule has 1 aliphatic heterocycles. The number of nitrogens with zero attached hydrogens (tertiary/aromatic N) is 5. The monoisotopic (exact) mass is 505 g/mol. The number of alkyl halides is 3. The third-order valence-corrected chi connectivity index (χ3v) is 5.15. The summed E-state index contributed by atoms with van der Waals surface area (Å²) < 4.78 is 44.6. The fourth-order valence-corrected chi connectivity index (χ4v) is 3.43. The fraction of sp³-hybridized carbons (Fsp3) is 0.526. The second-order valence-electron chi connectivity index (χ2n) is 7.60. The Morgan fingerprint density at radius 2 is 1.88 bits per heavy atom. The molecular weight excluding hydrogens is 483 g/mol. The van der Waals surface area contributed by atoms with Crippen molar-refractivity contribution in [1.29, 1.82) is 0 Å². The molecule has 0 saturated carbocycles. The minimum Gasteiger partial charge on any atom is -0.381 e. The summed E-state index contributed by atoms with van der Waals surface area (Å²) in [6.45, 7) is 2.67. The van der Waals surface area contributed by atoms with Gasteiger partial charge in [-0.15, -0.1) is 0 Å². The minimum absolute atomic E-state index is 0.129. The van der Waals surface area contributed by atoms with Crippen molar-refractivity contribution in [1.82, 2.24) is 25.1 Å². The maximum absolute atomic E-state index is 13.1. The molecule has 0 radical (unpaired) electrons. The van der Waals surface area contributed by atoms with Crippen LogP contribution in [-0.4, -0.2) is 87.6 Å². The quantitative estimate of drug-likeness (QED) is 0.475. The van der Waals surface area contributed by atoms with Crippen molar-refractivity contribution < 1.29 is 27.8 Å². The van der Waals surface area contributed by atoms with Crippen LogP contribution in [0.25, 0.3) is 0 Å². The van der Waals surface area contributed by atoms with E-state index in [9.17, 15) is 27.9 Å². The molecule has 2 aromatic heterocycles. The highest BCUT2D eigenvalue weighted by Crippen LogP contribution is 2.31. The van der Waals surface area contributed by atoms with Gasteiger partial charge in [0.25, 0.3) is 11.5 Å². The molecule has 2 atom stereocenters. The second kappa shape index (κ2) is 11.0. The first-order valence-electron chi connectivity index (χ1n) is 10.2. The van der Waals surface area contributed by atoms with Gasteiger partial charge in [0, 0.05) is 32.2 Å². The summed E-state index contributed by atoms with van der Waals surface area (Å²) in [7, 11) is 0. The van der Waals surface area contributed by atoms with Crippen LogP contribution in [0.2, 0.25) is 5.02 Å². The van der Waals surface area contributed by atoms with Crippen molar-refractivity contribution in [3.63, 3.8) is 0 Å². The van der Waals surface area contributed by atoms with Crippen LogP contribution < -0.4 is 15.8 Å². The molecule has 0 spiro atoms. The Labute approximate surface area is 196 Å². The van der Waals surface area contributed by atoms with Crippen LogP contribution in [0.15, 0.2) is 23.4 Å². The number of aliphatic hydroxyl groups is 1. The zero-order chi connectivity index (χ0) is 24.9. The van der Waals surface area contributed by atoms with E-state index in [2.05, 4.69) is 20.4 Å². The van der Waals surface area contributed by atoms with Crippen molar-refractivity contribution in [2.24, 2.45) is 0 Å². The first-order valence-corrected chi connectivity index (χ1v) is 10.6. The largest absolute Gasteiger partial charge is 0.423 e. The smallest absolute Gasteiger partial charge is 0.381 e. The van der Waals surface area contributed by atoms with E-state index in [0.717, 1.165) is 6.20 Å². The molecule has 15 heteroatoms. The van der Waals surface area contributed by atoms with Crippen LogP contribution in [0.5, 0.6) is 0 Å². The number of carbonyl (C=O) groups is 1. The number of aromatic nitrogens is 4. The summed E-state index contributed by atoms with van der Waals surface area (Å²) in [6, 6.07) is -0.671. The lowest BCUT2D eigenvalue weighted by atomic mass is 10.2. The lowest BCUT2D eigenvalue weighted by Gasteiger charge is -2.35. The molecule has 3 rings (SSSR count). The Hall–Kier alpha value is -2.97. The number of ether oxygens (including phenoxy) is 1. The number of anilines is 2. The lowest BCUT2D eigenvalue weighted by molar-refractivity contribution is -0.143. The van der Waals surface area contributed by atoms with E-state index < -0.39 is 41.0 Å². The van der Waals surface area contributed by atoms with E-state index in [-0.39, 0.29) is 13.2 Å². The molecule has 0 unspecified atom stereocenters. The minimum atomic E-state index is -4.87. The van der Waals surface area contributed by atoms with Crippen LogP contribution in [0.3, 0.4) is 0 Å². The lowest BCUT2D eigenvalue weighted by Crippen LogP contribution is -2.52. The van der Waals surface area contributed by atoms with E-state index >= 15 is 0 Å². The highest BCUT2D eigenvalue weighted by Gasteiger charge is 2.37. The van der Waals surface area contributed by atoms with Crippen molar-refractivity contribution in [2.45, 2.75) is 25.2 Å². The number of nitrogens with one attached hydrogen (secondary N) is 2. The van der Waals surface area contributed by atoms with Gasteiger partial charge in [0.1, 0.15) is 5.56 Å². The average molecular weight is 506 g/mol. The number of aliphatic hydroxyl groups excluding tert-OH is 1. The highest BCUT2D eigenvalue weighted by atomic mass is 35.5. The van der Waals surface area contributed by atoms with Crippen LogP contribution in [0.1, 0.15) is 12.5 Å². The number of hydrogen-bond acceptors (Lipinski definition) is 9. The molecule has 186 valence electrons. The SMILES string of the molecule is C[C@@H](COC[C@@H](O)C(=O)N1CCN(c2ncc(Cl)cn2)CC1)Nc1cn[nH]c(=O)c1C(F)(F)F. The molecular formula is C19H23ClF3N7O4. The van der Waals surface area contributed by atoms with E-state index in [1.54, 1.807) is 5.10 Å². The molecule has 2 aromatic rings. The molecule has 1 amide bonds. The van der Waals surface area contributed by atoms with Gasteiger partial charge in [-0.3, -0.25) is 9.59 Å². The van der Waals surface area contributed by atoms with Crippen molar-refractivity contribution in [2.75, 3.05) is 49.6 Å². The first kappa shape index (κ1) is 25.6. The van der Waals surface area contributed by atoms with Crippen molar-refractivity contribution in [3.05, 3.63) is 39.5 Å². The van der Waals surface area contributed by atoms with Gasteiger partial charge >= 0.3 is 6.18 Å². The second-order valence-corrected chi connectivity index (χ2v) is 8.03. The summed E-state index contributed by atoms with van der Waals surface area (Å²) in [6.07, 6.45) is -2.49. The maximum atomic E-state index is 13.1. The molecule has 0 aliphatic carbocycles. The van der Waals surface area contributed by atoms with Crippen LogP contribution in [0.4, 0.5) is 24.8 Å². The number of H-pyrrole nitrogens is 1. The average Bonchev–Trinajstić information content (AvgIpc) is 2.78. The molecule has 0 bridgehead atoms. The van der Waals surface area contributed by atoms with Gasteiger partial charge in [0.05, 0.1) is 42.5 Å². The normalized spacial score (nSPS) is 16.3. The Morgan fingerprint density at radius 1 is 1.24 bits per heavy atom.